The molecule has 6 heteroatoms. The van der Waals surface area contributed by atoms with Crippen LogP contribution in [-0.4, -0.2) is 13.2 Å². The van der Waals surface area contributed by atoms with Crippen LogP contribution in [0.25, 0.3) is 0 Å². The highest BCUT2D eigenvalue weighted by atomic mass is 35.5. The lowest BCUT2D eigenvalue weighted by Gasteiger charge is -2.16. The van der Waals surface area contributed by atoms with Crippen molar-refractivity contribution < 1.29 is 13.9 Å². The molecule has 0 saturated heterocycles. The summed E-state index contributed by atoms with van der Waals surface area (Å²) in [5.74, 6) is 0.795. The molecule has 0 heterocycles. The third-order valence-electron chi connectivity index (χ3n) is 5.13. The summed E-state index contributed by atoms with van der Waals surface area (Å²) >= 11 is 12.6. The quantitative estimate of drug-likeness (QED) is 0.308. The van der Waals surface area contributed by atoms with E-state index < -0.39 is 0 Å². The van der Waals surface area contributed by atoms with Gasteiger partial charge in [-0.05, 0) is 69.3 Å². The predicted octanol–water partition coefficient (Wildman–Crippen LogP) is 7.09. The van der Waals surface area contributed by atoms with Gasteiger partial charge in [0.2, 0.25) is 0 Å². The van der Waals surface area contributed by atoms with Crippen molar-refractivity contribution in [3.8, 4) is 11.5 Å². The van der Waals surface area contributed by atoms with E-state index in [1.165, 1.54) is 37.8 Å². The van der Waals surface area contributed by atoms with Gasteiger partial charge in [0.15, 0.2) is 11.5 Å². The molecule has 162 valence electrons. The first-order valence-corrected chi connectivity index (χ1v) is 11.2. The third kappa shape index (κ3) is 6.63. The van der Waals surface area contributed by atoms with E-state index in [0.717, 1.165) is 18.5 Å². The standard InChI is InChI=1S/C24H28Cl2FNO2/c1-2-29-23-12-19(15-28-11-10-17-6-4-3-5-7-17)22(26)14-24(23)30-16-18-8-9-20(27)13-21(18)25/h6,8-9,12-14,28H,2-5,7,10-11,15-16H2,1H3. The van der Waals surface area contributed by atoms with Crippen molar-refractivity contribution in [1.82, 2.24) is 5.32 Å². The van der Waals surface area contributed by atoms with Gasteiger partial charge in [-0.1, -0.05) is 40.9 Å². The minimum atomic E-state index is -0.376. The maximum Gasteiger partial charge on any atom is 0.163 e. The molecule has 0 aliphatic heterocycles. The number of ether oxygens (including phenoxy) is 2. The Labute approximate surface area is 188 Å². The lowest BCUT2D eigenvalue weighted by molar-refractivity contribution is 0.269. The molecule has 1 aliphatic rings. The molecule has 0 radical (unpaired) electrons. The van der Waals surface area contributed by atoms with Crippen molar-refractivity contribution in [3.63, 3.8) is 0 Å². The molecular formula is C24H28Cl2FNO2. The van der Waals surface area contributed by atoms with Crippen LogP contribution in [-0.2, 0) is 13.2 Å². The zero-order chi connectivity index (χ0) is 21.3. The van der Waals surface area contributed by atoms with Crippen LogP contribution in [0.4, 0.5) is 4.39 Å². The third-order valence-corrected chi connectivity index (χ3v) is 5.84. The van der Waals surface area contributed by atoms with Gasteiger partial charge in [-0.2, -0.15) is 0 Å². The van der Waals surface area contributed by atoms with Crippen LogP contribution >= 0.6 is 23.2 Å². The van der Waals surface area contributed by atoms with E-state index in [0.29, 0.717) is 40.3 Å². The number of halogens is 3. The van der Waals surface area contributed by atoms with Crippen LogP contribution in [0.3, 0.4) is 0 Å². The van der Waals surface area contributed by atoms with E-state index in [1.54, 1.807) is 17.7 Å². The molecule has 1 N–H and O–H groups in total. The highest BCUT2D eigenvalue weighted by Gasteiger charge is 2.13. The zero-order valence-corrected chi connectivity index (χ0v) is 18.8. The second kappa shape index (κ2) is 11.6. The Balaban J connectivity index is 1.61. The van der Waals surface area contributed by atoms with Crippen LogP contribution in [0.2, 0.25) is 10.0 Å². The van der Waals surface area contributed by atoms with Gasteiger partial charge in [-0.3, -0.25) is 0 Å². The molecule has 0 aromatic heterocycles. The van der Waals surface area contributed by atoms with Gasteiger partial charge in [0.05, 0.1) is 11.6 Å². The maximum atomic E-state index is 13.2. The van der Waals surface area contributed by atoms with E-state index in [4.69, 9.17) is 32.7 Å². The van der Waals surface area contributed by atoms with E-state index in [-0.39, 0.29) is 12.4 Å². The first kappa shape index (κ1) is 22.9. The molecular weight excluding hydrogens is 424 g/mol. The molecule has 30 heavy (non-hydrogen) atoms. The molecule has 1 aliphatic carbocycles. The molecule has 2 aromatic rings. The van der Waals surface area contributed by atoms with Crippen LogP contribution < -0.4 is 14.8 Å². The molecule has 0 atom stereocenters. The van der Waals surface area contributed by atoms with E-state index in [9.17, 15) is 4.39 Å². The monoisotopic (exact) mass is 451 g/mol. The lowest BCUT2D eigenvalue weighted by Crippen LogP contribution is -2.16. The number of allylic oxidation sites excluding steroid dienone is 1. The summed E-state index contributed by atoms with van der Waals surface area (Å²) in [5.41, 5.74) is 3.21. The Kier molecular flexibility index (Phi) is 8.86. The summed E-state index contributed by atoms with van der Waals surface area (Å²) in [6, 6.07) is 7.93. The van der Waals surface area contributed by atoms with E-state index >= 15 is 0 Å². The number of benzene rings is 2. The van der Waals surface area contributed by atoms with Crippen molar-refractivity contribution in [2.24, 2.45) is 0 Å². The Bertz CT molecular complexity index is 886. The Morgan fingerprint density at radius 3 is 2.53 bits per heavy atom. The van der Waals surface area contributed by atoms with Crippen molar-refractivity contribution in [3.05, 3.63) is 69.0 Å². The summed E-state index contributed by atoms with van der Waals surface area (Å²) in [4.78, 5) is 0. The molecule has 0 bridgehead atoms. The normalized spacial score (nSPS) is 13.8. The second-order valence-electron chi connectivity index (χ2n) is 7.38. The van der Waals surface area contributed by atoms with Crippen molar-refractivity contribution >= 4 is 23.2 Å². The predicted molar refractivity (Wildman–Crippen MR) is 121 cm³/mol. The number of hydrogen-bond donors (Lipinski definition) is 1. The maximum absolute atomic E-state index is 13.2. The van der Waals surface area contributed by atoms with Gasteiger partial charge >= 0.3 is 0 Å². The van der Waals surface area contributed by atoms with Gasteiger partial charge in [0.1, 0.15) is 12.4 Å². The summed E-state index contributed by atoms with van der Waals surface area (Å²) in [6.45, 7) is 4.22. The largest absolute Gasteiger partial charge is 0.490 e. The fourth-order valence-electron chi connectivity index (χ4n) is 3.49. The Morgan fingerprint density at radius 1 is 1.00 bits per heavy atom. The van der Waals surface area contributed by atoms with Crippen LogP contribution in [0, 0.1) is 5.82 Å². The van der Waals surface area contributed by atoms with Crippen LogP contribution in [0.1, 0.15) is 50.2 Å². The van der Waals surface area contributed by atoms with Gasteiger partial charge < -0.3 is 14.8 Å². The van der Waals surface area contributed by atoms with Gasteiger partial charge in [-0.25, -0.2) is 4.39 Å². The Morgan fingerprint density at radius 2 is 1.80 bits per heavy atom. The van der Waals surface area contributed by atoms with E-state index in [2.05, 4.69) is 11.4 Å². The SMILES string of the molecule is CCOc1cc(CNCCC2=CCCCC2)c(Cl)cc1OCc1ccc(F)cc1Cl. The average Bonchev–Trinajstić information content (AvgIpc) is 2.74. The van der Waals surface area contributed by atoms with Crippen LogP contribution in [0.15, 0.2) is 42.0 Å². The average molecular weight is 452 g/mol. The fourth-order valence-corrected chi connectivity index (χ4v) is 3.93. The lowest BCUT2D eigenvalue weighted by atomic mass is 9.97. The highest BCUT2D eigenvalue weighted by Crippen LogP contribution is 2.34. The minimum absolute atomic E-state index is 0.197. The van der Waals surface area contributed by atoms with Crippen molar-refractivity contribution in [1.29, 1.82) is 0 Å². The van der Waals surface area contributed by atoms with Crippen molar-refractivity contribution in [2.75, 3.05) is 13.2 Å². The summed E-state index contributed by atoms with van der Waals surface area (Å²) in [6.07, 6.45) is 8.51. The van der Waals surface area contributed by atoms with E-state index in [1.807, 2.05) is 13.0 Å². The van der Waals surface area contributed by atoms with Gasteiger partial charge in [0, 0.05) is 23.2 Å². The zero-order valence-electron chi connectivity index (χ0n) is 17.3. The smallest absolute Gasteiger partial charge is 0.163 e. The molecule has 3 rings (SSSR count). The second-order valence-corrected chi connectivity index (χ2v) is 8.20. The molecule has 0 fully saturated rings. The molecule has 0 amide bonds. The first-order chi connectivity index (χ1) is 14.6. The van der Waals surface area contributed by atoms with Crippen LogP contribution in [0.5, 0.6) is 11.5 Å². The Hall–Kier alpha value is -1.75. The summed E-state index contributed by atoms with van der Waals surface area (Å²) in [7, 11) is 0. The van der Waals surface area contributed by atoms with Gasteiger partial charge in [0.25, 0.3) is 0 Å². The minimum Gasteiger partial charge on any atom is -0.490 e. The molecule has 0 unspecified atom stereocenters. The molecule has 0 spiro atoms. The number of rotatable bonds is 10. The summed E-state index contributed by atoms with van der Waals surface area (Å²) in [5, 5.41) is 4.42. The molecule has 2 aromatic carbocycles. The molecule has 0 saturated carbocycles. The summed E-state index contributed by atoms with van der Waals surface area (Å²) < 4.78 is 24.9. The molecule has 3 nitrogen and oxygen atoms in total. The van der Waals surface area contributed by atoms with Gasteiger partial charge in [-0.15, -0.1) is 0 Å². The highest BCUT2D eigenvalue weighted by molar-refractivity contribution is 6.31. The number of nitrogens with one attached hydrogen (secondary N) is 1. The number of hydrogen-bond acceptors (Lipinski definition) is 3. The van der Waals surface area contributed by atoms with Crippen molar-refractivity contribution in [2.45, 2.75) is 52.2 Å². The fraction of sp³-hybridized carbons (Fsp3) is 0.417. The topological polar surface area (TPSA) is 30.5 Å². The first-order valence-electron chi connectivity index (χ1n) is 10.5.